The molecule has 1 amide bonds. The third kappa shape index (κ3) is 3.17. The molecular formula is C18H21N5O2S. The molecule has 0 aromatic carbocycles. The lowest BCUT2D eigenvalue weighted by molar-refractivity contribution is -0.119. The number of rotatable bonds is 4. The second kappa shape index (κ2) is 6.69. The van der Waals surface area contributed by atoms with Crippen molar-refractivity contribution in [3.8, 4) is 11.3 Å². The molecule has 4 heterocycles. The number of thiazole rings is 1. The molecule has 1 fully saturated rings. The average molecular weight is 371 g/mol. The van der Waals surface area contributed by atoms with Crippen molar-refractivity contribution < 1.29 is 9.21 Å². The van der Waals surface area contributed by atoms with Crippen LogP contribution in [0.25, 0.3) is 11.3 Å². The number of aryl methyl sites for hydroxylation is 3. The van der Waals surface area contributed by atoms with Gasteiger partial charge in [0.05, 0.1) is 17.8 Å². The van der Waals surface area contributed by atoms with Crippen LogP contribution in [0.3, 0.4) is 0 Å². The minimum absolute atomic E-state index is 0.00940. The number of hydrogen-bond acceptors (Lipinski definition) is 6. The quantitative estimate of drug-likeness (QED) is 0.737. The summed E-state index contributed by atoms with van der Waals surface area (Å²) in [5.74, 6) is 1.67. The van der Waals surface area contributed by atoms with Crippen LogP contribution in [-0.2, 0) is 11.8 Å². The van der Waals surface area contributed by atoms with E-state index in [2.05, 4.69) is 20.7 Å². The van der Waals surface area contributed by atoms with Gasteiger partial charge in [0.15, 0.2) is 5.13 Å². The summed E-state index contributed by atoms with van der Waals surface area (Å²) in [6.45, 7) is 5.27. The van der Waals surface area contributed by atoms with E-state index in [0.717, 1.165) is 34.9 Å². The minimum atomic E-state index is -0.135. The van der Waals surface area contributed by atoms with Crippen molar-refractivity contribution in [3.05, 3.63) is 40.9 Å². The highest BCUT2D eigenvalue weighted by Gasteiger charge is 2.35. The van der Waals surface area contributed by atoms with Gasteiger partial charge in [-0.1, -0.05) is 0 Å². The van der Waals surface area contributed by atoms with E-state index in [-0.39, 0.29) is 17.7 Å². The Hall–Kier alpha value is -2.45. The van der Waals surface area contributed by atoms with Crippen molar-refractivity contribution in [1.82, 2.24) is 20.1 Å². The monoisotopic (exact) mass is 371 g/mol. The Labute approximate surface area is 155 Å². The summed E-state index contributed by atoms with van der Waals surface area (Å²) in [4.78, 5) is 17.3. The molecular weight excluding hydrogens is 350 g/mol. The number of hydrogen-bond donors (Lipinski definition) is 2. The predicted octanol–water partition coefficient (Wildman–Crippen LogP) is 2.70. The van der Waals surface area contributed by atoms with E-state index < -0.39 is 0 Å². The molecule has 1 aliphatic heterocycles. The molecule has 0 bridgehead atoms. The van der Waals surface area contributed by atoms with Gasteiger partial charge in [-0.15, -0.1) is 11.3 Å². The van der Waals surface area contributed by atoms with E-state index in [0.29, 0.717) is 11.7 Å². The lowest BCUT2D eigenvalue weighted by Crippen LogP contribution is -2.28. The van der Waals surface area contributed by atoms with Crippen LogP contribution in [0, 0.1) is 19.8 Å². The molecule has 26 heavy (non-hydrogen) atoms. The van der Waals surface area contributed by atoms with Gasteiger partial charge in [0.1, 0.15) is 11.5 Å². The molecule has 1 saturated heterocycles. The fourth-order valence-electron chi connectivity index (χ4n) is 3.47. The molecule has 3 aromatic rings. The van der Waals surface area contributed by atoms with Gasteiger partial charge >= 0.3 is 0 Å². The highest BCUT2D eigenvalue weighted by Crippen LogP contribution is 2.32. The fourth-order valence-corrected chi connectivity index (χ4v) is 4.19. The SMILES string of the molecule is Cc1cc(-c2csc(NC(=O)[C@H]3CNC[C@@H]3c3cnn(C)c3)n2)c(C)o1. The molecule has 7 nitrogen and oxygen atoms in total. The topological polar surface area (TPSA) is 85.0 Å². The third-order valence-electron chi connectivity index (χ3n) is 4.76. The highest BCUT2D eigenvalue weighted by atomic mass is 32.1. The van der Waals surface area contributed by atoms with Crippen molar-refractivity contribution in [3.63, 3.8) is 0 Å². The lowest BCUT2D eigenvalue weighted by Gasteiger charge is -2.15. The number of aromatic nitrogens is 3. The Bertz CT molecular complexity index is 941. The average Bonchev–Trinajstić information content (AvgIpc) is 3.34. The van der Waals surface area contributed by atoms with Crippen LogP contribution in [0.1, 0.15) is 23.0 Å². The Kier molecular flexibility index (Phi) is 4.37. The van der Waals surface area contributed by atoms with Crippen LogP contribution in [0.15, 0.2) is 28.3 Å². The third-order valence-corrected chi connectivity index (χ3v) is 5.51. The largest absolute Gasteiger partial charge is 0.466 e. The van der Waals surface area contributed by atoms with Crippen LogP contribution in [-0.4, -0.2) is 33.8 Å². The van der Waals surface area contributed by atoms with Gasteiger partial charge in [0, 0.05) is 43.2 Å². The fraction of sp³-hybridized carbons (Fsp3) is 0.389. The molecule has 4 rings (SSSR count). The smallest absolute Gasteiger partial charge is 0.231 e. The van der Waals surface area contributed by atoms with E-state index >= 15 is 0 Å². The maximum absolute atomic E-state index is 12.8. The van der Waals surface area contributed by atoms with Gasteiger partial charge in [0.25, 0.3) is 0 Å². The van der Waals surface area contributed by atoms with Gasteiger partial charge < -0.3 is 15.1 Å². The Morgan fingerprint density at radius 3 is 2.96 bits per heavy atom. The summed E-state index contributed by atoms with van der Waals surface area (Å²) in [5.41, 5.74) is 2.88. The number of furan rings is 1. The van der Waals surface area contributed by atoms with E-state index in [1.54, 1.807) is 4.68 Å². The first-order chi connectivity index (χ1) is 12.5. The van der Waals surface area contributed by atoms with Crippen LogP contribution in [0.2, 0.25) is 0 Å². The van der Waals surface area contributed by atoms with Crippen molar-refractivity contribution in [2.24, 2.45) is 13.0 Å². The molecule has 1 aliphatic rings. The van der Waals surface area contributed by atoms with Gasteiger partial charge in [-0.25, -0.2) is 4.98 Å². The number of amides is 1. The van der Waals surface area contributed by atoms with E-state index in [1.807, 2.05) is 44.7 Å². The maximum atomic E-state index is 12.8. The van der Waals surface area contributed by atoms with E-state index in [9.17, 15) is 4.79 Å². The molecule has 8 heteroatoms. The number of carbonyl (C=O) groups is 1. The summed E-state index contributed by atoms with van der Waals surface area (Å²) in [6.07, 6.45) is 3.81. The number of nitrogens with one attached hydrogen (secondary N) is 2. The zero-order chi connectivity index (χ0) is 18.3. The summed E-state index contributed by atoms with van der Waals surface area (Å²) in [5, 5.41) is 13.1. The molecule has 0 saturated carbocycles. The second-order valence-corrected chi connectivity index (χ2v) is 7.53. The Morgan fingerprint density at radius 2 is 2.27 bits per heavy atom. The van der Waals surface area contributed by atoms with E-state index in [1.165, 1.54) is 11.3 Å². The van der Waals surface area contributed by atoms with Gasteiger partial charge in [0.2, 0.25) is 5.91 Å². The predicted molar refractivity (Wildman–Crippen MR) is 100 cm³/mol. The van der Waals surface area contributed by atoms with Gasteiger partial charge in [-0.05, 0) is 25.5 Å². The number of anilines is 1. The summed E-state index contributed by atoms with van der Waals surface area (Å²) >= 11 is 1.43. The molecule has 2 N–H and O–H groups in total. The summed E-state index contributed by atoms with van der Waals surface area (Å²) in [6, 6.07) is 1.97. The first kappa shape index (κ1) is 17.0. The minimum Gasteiger partial charge on any atom is -0.466 e. The zero-order valence-electron chi connectivity index (χ0n) is 14.9. The maximum Gasteiger partial charge on any atom is 0.231 e. The zero-order valence-corrected chi connectivity index (χ0v) is 15.8. The normalized spacial score (nSPS) is 19.8. The van der Waals surface area contributed by atoms with Gasteiger partial charge in [-0.3, -0.25) is 9.48 Å². The molecule has 136 valence electrons. The van der Waals surface area contributed by atoms with Gasteiger partial charge in [-0.2, -0.15) is 5.10 Å². The standard InChI is InChI=1S/C18H21N5O2S/c1-10-4-13(11(2)25-10)16-9-26-18(21-16)22-17(24)15-7-19-6-14(15)12-5-20-23(3)8-12/h4-5,8-9,14-15,19H,6-7H2,1-3H3,(H,21,22,24)/t14-,15+/m1/s1. The molecule has 0 aliphatic carbocycles. The van der Waals surface area contributed by atoms with Crippen molar-refractivity contribution >= 4 is 22.4 Å². The lowest BCUT2D eigenvalue weighted by atomic mass is 9.90. The van der Waals surface area contributed by atoms with Crippen molar-refractivity contribution in [2.75, 3.05) is 18.4 Å². The molecule has 0 spiro atoms. The van der Waals surface area contributed by atoms with Crippen molar-refractivity contribution in [1.29, 1.82) is 0 Å². The second-order valence-electron chi connectivity index (χ2n) is 6.67. The number of carbonyl (C=O) groups excluding carboxylic acids is 1. The van der Waals surface area contributed by atoms with Crippen molar-refractivity contribution in [2.45, 2.75) is 19.8 Å². The van der Waals surface area contributed by atoms with Crippen LogP contribution >= 0.6 is 11.3 Å². The first-order valence-electron chi connectivity index (χ1n) is 8.54. The number of nitrogens with zero attached hydrogens (tertiary/aromatic N) is 3. The van der Waals surface area contributed by atoms with Crippen LogP contribution in [0.5, 0.6) is 0 Å². The van der Waals surface area contributed by atoms with Crippen LogP contribution < -0.4 is 10.6 Å². The Balaban J connectivity index is 1.49. The molecule has 0 unspecified atom stereocenters. The highest BCUT2D eigenvalue weighted by molar-refractivity contribution is 7.14. The van der Waals surface area contributed by atoms with E-state index in [4.69, 9.17) is 4.42 Å². The first-order valence-corrected chi connectivity index (χ1v) is 9.42. The molecule has 3 aromatic heterocycles. The Morgan fingerprint density at radius 1 is 1.42 bits per heavy atom. The molecule has 2 atom stereocenters. The van der Waals surface area contributed by atoms with Crippen LogP contribution in [0.4, 0.5) is 5.13 Å². The summed E-state index contributed by atoms with van der Waals surface area (Å²) in [7, 11) is 1.89. The summed E-state index contributed by atoms with van der Waals surface area (Å²) < 4.78 is 7.34. The molecule has 0 radical (unpaired) electrons.